The van der Waals surface area contributed by atoms with Gasteiger partial charge in [0.25, 0.3) is 0 Å². The standard InChI is InChI=1S/C7H15NO3/c1-7(2,3-4-9)8-5-6(10)11/h8-9H,3-5H2,1-2H3,(H,10,11). The van der Waals surface area contributed by atoms with E-state index in [-0.39, 0.29) is 18.7 Å². The van der Waals surface area contributed by atoms with Gasteiger partial charge in [0.1, 0.15) is 0 Å². The molecule has 3 N–H and O–H groups in total. The molecular formula is C7H15NO3. The number of nitrogens with one attached hydrogen (secondary N) is 1. The van der Waals surface area contributed by atoms with E-state index >= 15 is 0 Å². The van der Waals surface area contributed by atoms with Crippen LogP contribution in [0.15, 0.2) is 0 Å². The van der Waals surface area contributed by atoms with Gasteiger partial charge in [-0.3, -0.25) is 4.79 Å². The molecule has 0 bridgehead atoms. The molecule has 0 fully saturated rings. The molecule has 0 atom stereocenters. The third-order valence-corrected chi connectivity index (χ3v) is 1.45. The average molecular weight is 161 g/mol. The lowest BCUT2D eigenvalue weighted by atomic mass is 10.0. The number of carboxylic acid groups (broad SMARTS) is 1. The van der Waals surface area contributed by atoms with Crippen molar-refractivity contribution in [1.82, 2.24) is 5.32 Å². The van der Waals surface area contributed by atoms with Gasteiger partial charge in [0.05, 0.1) is 6.54 Å². The summed E-state index contributed by atoms with van der Waals surface area (Å²) in [6.45, 7) is 3.71. The maximum atomic E-state index is 10.1. The van der Waals surface area contributed by atoms with Crippen molar-refractivity contribution in [2.45, 2.75) is 25.8 Å². The van der Waals surface area contributed by atoms with E-state index in [1.54, 1.807) is 0 Å². The Morgan fingerprint density at radius 3 is 2.45 bits per heavy atom. The Balaban J connectivity index is 3.63. The lowest BCUT2D eigenvalue weighted by molar-refractivity contribution is -0.136. The number of hydrogen-bond donors (Lipinski definition) is 3. The summed E-state index contributed by atoms with van der Waals surface area (Å²) in [6.07, 6.45) is 0.556. The number of rotatable bonds is 5. The Labute approximate surface area is 66.2 Å². The van der Waals surface area contributed by atoms with Gasteiger partial charge in [0.15, 0.2) is 0 Å². The number of aliphatic carboxylic acids is 1. The second-order valence-corrected chi connectivity index (χ2v) is 3.10. The zero-order valence-electron chi connectivity index (χ0n) is 6.92. The zero-order valence-corrected chi connectivity index (χ0v) is 6.92. The van der Waals surface area contributed by atoms with Crippen LogP contribution in [0.25, 0.3) is 0 Å². The van der Waals surface area contributed by atoms with Crippen LogP contribution in [0.1, 0.15) is 20.3 Å². The molecule has 0 aromatic heterocycles. The smallest absolute Gasteiger partial charge is 0.317 e. The molecule has 0 rings (SSSR count). The third-order valence-electron chi connectivity index (χ3n) is 1.45. The van der Waals surface area contributed by atoms with Gasteiger partial charge in [-0.05, 0) is 20.3 Å². The summed E-state index contributed by atoms with van der Waals surface area (Å²) in [5.74, 6) is -0.879. The summed E-state index contributed by atoms with van der Waals surface area (Å²) in [5.41, 5.74) is -0.298. The van der Waals surface area contributed by atoms with Crippen molar-refractivity contribution in [3.05, 3.63) is 0 Å². The van der Waals surface area contributed by atoms with Crippen molar-refractivity contribution in [3.63, 3.8) is 0 Å². The van der Waals surface area contributed by atoms with Gasteiger partial charge in [-0.2, -0.15) is 0 Å². The molecule has 0 aliphatic rings. The first-order chi connectivity index (χ1) is 4.98. The minimum absolute atomic E-state index is 0.0625. The zero-order chi connectivity index (χ0) is 8.91. The van der Waals surface area contributed by atoms with Crippen LogP contribution in [-0.2, 0) is 4.79 Å². The van der Waals surface area contributed by atoms with Gasteiger partial charge < -0.3 is 15.5 Å². The normalized spacial score (nSPS) is 11.5. The Morgan fingerprint density at radius 1 is 1.55 bits per heavy atom. The SMILES string of the molecule is CC(C)(CCO)NCC(=O)O. The van der Waals surface area contributed by atoms with Gasteiger partial charge in [0, 0.05) is 12.1 Å². The van der Waals surface area contributed by atoms with E-state index in [9.17, 15) is 4.79 Å². The van der Waals surface area contributed by atoms with Crippen molar-refractivity contribution in [1.29, 1.82) is 0 Å². The fourth-order valence-corrected chi connectivity index (χ4v) is 0.683. The second-order valence-electron chi connectivity index (χ2n) is 3.10. The second kappa shape index (κ2) is 4.31. The summed E-state index contributed by atoms with van der Waals surface area (Å²) < 4.78 is 0. The first-order valence-corrected chi connectivity index (χ1v) is 3.55. The van der Waals surface area contributed by atoms with Crippen molar-refractivity contribution < 1.29 is 15.0 Å². The highest BCUT2D eigenvalue weighted by Gasteiger charge is 2.16. The molecule has 0 unspecified atom stereocenters. The van der Waals surface area contributed by atoms with E-state index in [0.29, 0.717) is 6.42 Å². The molecule has 0 aromatic rings. The van der Waals surface area contributed by atoms with Crippen LogP contribution in [0, 0.1) is 0 Å². The lowest BCUT2D eigenvalue weighted by Crippen LogP contribution is -2.42. The topological polar surface area (TPSA) is 69.6 Å². The molecule has 4 heteroatoms. The van der Waals surface area contributed by atoms with Gasteiger partial charge in [-0.15, -0.1) is 0 Å². The Morgan fingerprint density at radius 2 is 2.09 bits per heavy atom. The van der Waals surface area contributed by atoms with E-state index < -0.39 is 5.97 Å². The number of aliphatic hydroxyl groups excluding tert-OH is 1. The molecule has 4 nitrogen and oxygen atoms in total. The molecule has 0 saturated heterocycles. The van der Waals surface area contributed by atoms with Gasteiger partial charge in [0.2, 0.25) is 0 Å². The number of carboxylic acids is 1. The van der Waals surface area contributed by atoms with E-state index in [0.717, 1.165) is 0 Å². The molecule has 11 heavy (non-hydrogen) atoms. The molecule has 0 amide bonds. The van der Waals surface area contributed by atoms with Crippen LogP contribution in [-0.4, -0.2) is 34.9 Å². The van der Waals surface area contributed by atoms with Gasteiger partial charge in [-0.25, -0.2) is 0 Å². The molecule has 0 aromatic carbocycles. The monoisotopic (exact) mass is 161 g/mol. The largest absolute Gasteiger partial charge is 0.480 e. The lowest BCUT2D eigenvalue weighted by Gasteiger charge is -2.24. The predicted octanol–water partition coefficient (Wildman–Crippen LogP) is -0.178. The van der Waals surface area contributed by atoms with Crippen molar-refractivity contribution in [3.8, 4) is 0 Å². The minimum atomic E-state index is -0.879. The molecule has 0 spiro atoms. The highest BCUT2D eigenvalue weighted by Crippen LogP contribution is 2.05. The van der Waals surface area contributed by atoms with Gasteiger partial charge in [-0.1, -0.05) is 0 Å². The van der Waals surface area contributed by atoms with Crippen LogP contribution in [0.3, 0.4) is 0 Å². The van der Waals surface area contributed by atoms with Crippen molar-refractivity contribution in [2.24, 2.45) is 0 Å². The molecule has 0 radical (unpaired) electrons. The predicted molar refractivity (Wildman–Crippen MR) is 41.4 cm³/mol. The van der Waals surface area contributed by atoms with E-state index in [1.807, 2.05) is 13.8 Å². The number of carbonyl (C=O) groups is 1. The van der Waals surface area contributed by atoms with E-state index in [2.05, 4.69) is 5.32 Å². The van der Waals surface area contributed by atoms with Crippen LogP contribution in [0.4, 0.5) is 0 Å². The molecule has 0 saturated carbocycles. The summed E-state index contributed by atoms with van der Waals surface area (Å²) in [7, 11) is 0. The van der Waals surface area contributed by atoms with Crippen LogP contribution in [0.2, 0.25) is 0 Å². The molecule has 0 heterocycles. The summed E-state index contributed by atoms with van der Waals surface area (Å²) in [4.78, 5) is 10.1. The van der Waals surface area contributed by atoms with Crippen molar-refractivity contribution >= 4 is 5.97 Å². The summed E-state index contributed by atoms with van der Waals surface area (Å²) in [5, 5.41) is 19.7. The van der Waals surface area contributed by atoms with Crippen LogP contribution in [0.5, 0.6) is 0 Å². The summed E-state index contributed by atoms with van der Waals surface area (Å²) in [6, 6.07) is 0. The first kappa shape index (κ1) is 10.4. The molecule has 66 valence electrons. The molecule has 0 aliphatic carbocycles. The summed E-state index contributed by atoms with van der Waals surface area (Å²) >= 11 is 0. The fraction of sp³-hybridized carbons (Fsp3) is 0.857. The quantitative estimate of drug-likeness (QED) is 0.523. The Kier molecular flexibility index (Phi) is 4.07. The maximum Gasteiger partial charge on any atom is 0.317 e. The Hall–Kier alpha value is -0.610. The third kappa shape index (κ3) is 5.82. The fourth-order valence-electron chi connectivity index (χ4n) is 0.683. The average Bonchev–Trinajstić information content (AvgIpc) is 1.84. The highest BCUT2D eigenvalue weighted by molar-refractivity contribution is 5.69. The van der Waals surface area contributed by atoms with E-state index in [1.165, 1.54) is 0 Å². The highest BCUT2D eigenvalue weighted by atomic mass is 16.4. The number of aliphatic hydroxyl groups is 1. The molecule has 0 aliphatic heterocycles. The van der Waals surface area contributed by atoms with E-state index in [4.69, 9.17) is 10.2 Å². The molecular weight excluding hydrogens is 146 g/mol. The Bertz CT molecular complexity index is 134. The van der Waals surface area contributed by atoms with Gasteiger partial charge >= 0.3 is 5.97 Å². The first-order valence-electron chi connectivity index (χ1n) is 3.55. The van der Waals surface area contributed by atoms with Crippen LogP contribution >= 0.6 is 0 Å². The minimum Gasteiger partial charge on any atom is -0.480 e. The maximum absolute atomic E-state index is 10.1. The van der Waals surface area contributed by atoms with Crippen molar-refractivity contribution in [2.75, 3.05) is 13.2 Å². The van der Waals surface area contributed by atoms with Crippen LogP contribution < -0.4 is 5.32 Å². The number of hydrogen-bond acceptors (Lipinski definition) is 3.